The van der Waals surface area contributed by atoms with Gasteiger partial charge >= 0.3 is 5.97 Å². The molecule has 2 N–H and O–H groups in total. The molecule has 116 valence electrons. The molecule has 0 aliphatic carbocycles. The number of carboxylic acids is 1. The quantitative estimate of drug-likeness (QED) is 0.659. The van der Waals surface area contributed by atoms with Crippen molar-refractivity contribution in [2.24, 2.45) is 0 Å². The Morgan fingerprint density at radius 3 is 2.83 bits per heavy atom. The van der Waals surface area contributed by atoms with Crippen LogP contribution in [-0.4, -0.2) is 26.3 Å². The van der Waals surface area contributed by atoms with E-state index in [1.807, 2.05) is 19.1 Å². The molecule has 1 fully saturated rings. The SMILES string of the molecule is Cc1ccc(C(=O)O)cc1N1C(=O)/C(=C\c2ccc[nH]2)SC1=S. The number of thioether (sulfide) groups is 1. The van der Waals surface area contributed by atoms with Gasteiger partial charge in [0.05, 0.1) is 16.2 Å². The van der Waals surface area contributed by atoms with Crippen molar-refractivity contribution in [1.82, 2.24) is 4.98 Å². The maximum atomic E-state index is 12.7. The van der Waals surface area contributed by atoms with Gasteiger partial charge in [-0.1, -0.05) is 30.0 Å². The predicted molar refractivity (Wildman–Crippen MR) is 94.6 cm³/mol. The van der Waals surface area contributed by atoms with Crippen LogP contribution in [0.5, 0.6) is 0 Å². The summed E-state index contributed by atoms with van der Waals surface area (Å²) in [5, 5.41) is 9.14. The number of nitrogens with zero attached hydrogens (tertiary/aromatic N) is 1. The first-order chi connectivity index (χ1) is 11.0. The molecule has 1 amide bonds. The lowest BCUT2D eigenvalue weighted by Crippen LogP contribution is -2.28. The molecule has 1 aliphatic rings. The Bertz CT molecular complexity index is 841. The molecule has 0 atom stereocenters. The molecule has 0 bridgehead atoms. The van der Waals surface area contributed by atoms with Crippen LogP contribution in [0.15, 0.2) is 41.4 Å². The maximum absolute atomic E-state index is 12.7. The van der Waals surface area contributed by atoms with E-state index in [2.05, 4.69) is 4.98 Å². The molecular weight excluding hydrogens is 332 g/mol. The number of anilines is 1. The molecule has 0 spiro atoms. The highest BCUT2D eigenvalue weighted by Gasteiger charge is 2.34. The standard InChI is InChI=1S/C16H12N2O3S2/c1-9-4-5-10(15(20)21)7-12(9)18-14(19)13(23-16(18)22)8-11-3-2-6-17-11/h2-8,17H,1H3,(H,20,21)/b13-8+. The van der Waals surface area contributed by atoms with Crippen LogP contribution in [0.25, 0.3) is 6.08 Å². The zero-order valence-electron chi connectivity index (χ0n) is 12.1. The minimum atomic E-state index is -1.04. The number of H-pyrrole nitrogens is 1. The highest BCUT2D eigenvalue weighted by atomic mass is 32.2. The van der Waals surface area contributed by atoms with Gasteiger partial charge in [0, 0.05) is 11.9 Å². The van der Waals surface area contributed by atoms with E-state index in [1.54, 1.807) is 18.3 Å². The third-order valence-corrected chi connectivity index (χ3v) is 4.70. The van der Waals surface area contributed by atoms with Gasteiger partial charge in [-0.25, -0.2) is 4.79 Å². The third-order valence-electron chi connectivity index (χ3n) is 3.40. The Morgan fingerprint density at radius 2 is 2.17 bits per heavy atom. The summed E-state index contributed by atoms with van der Waals surface area (Å²) in [5.74, 6) is -1.29. The van der Waals surface area contributed by atoms with E-state index < -0.39 is 5.97 Å². The highest BCUT2D eigenvalue weighted by molar-refractivity contribution is 8.27. The normalized spacial score (nSPS) is 16.4. The number of rotatable bonds is 3. The second kappa shape index (κ2) is 6.02. The van der Waals surface area contributed by atoms with Gasteiger partial charge in [-0.05, 0) is 42.8 Å². The number of aromatic nitrogens is 1. The molecule has 5 nitrogen and oxygen atoms in total. The number of thiocarbonyl (C=S) groups is 1. The summed E-state index contributed by atoms with van der Waals surface area (Å²) >= 11 is 6.51. The van der Waals surface area contributed by atoms with Crippen molar-refractivity contribution in [3.8, 4) is 0 Å². The number of aromatic amines is 1. The smallest absolute Gasteiger partial charge is 0.335 e. The number of hydrogen-bond donors (Lipinski definition) is 2. The molecule has 2 aromatic rings. The highest BCUT2D eigenvalue weighted by Crippen LogP contribution is 2.37. The van der Waals surface area contributed by atoms with E-state index >= 15 is 0 Å². The molecule has 0 saturated carbocycles. The fourth-order valence-electron chi connectivity index (χ4n) is 2.23. The summed E-state index contributed by atoms with van der Waals surface area (Å²) < 4.78 is 0.387. The van der Waals surface area contributed by atoms with Crippen molar-refractivity contribution < 1.29 is 14.7 Å². The van der Waals surface area contributed by atoms with Gasteiger partial charge in [0.25, 0.3) is 5.91 Å². The molecule has 1 aliphatic heterocycles. The average Bonchev–Trinajstić information content (AvgIpc) is 3.09. The molecule has 0 unspecified atom stereocenters. The van der Waals surface area contributed by atoms with E-state index in [-0.39, 0.29) is 11.5 Å². The van der Waals surface area contributed by atoms with Gasteiger partial charge in [-0.2, -0.15) is 0 Å². The molecule has 23 heavy (non-hydrogen) atoms. The minimum absolute atomic E-state index is 0.119. The van der Waals surface area contributed by atoms with E-state index in [1.165, 1.54) is 28.8 Å². The zero-order chi connectivity index (χ0) is 16.6. The molecule has 3 rings (SSSR count). The van der Waals surface area contributed by atoms with Gasteiger partial charge in [0.2, 0.25) is 0 Å². The lowest BCUT2D eigenvalue weighted by Gasteiger charge is -2.17. The van der Waals surface area contributed by atoms with Gasteiger partial charge in [0.15, 0.2) is 4.32 Å². The number of amides is 1. The first-order valence-corrected chi connectivity index (χ1v) is 7.95. The average molecular weight is 344 g/mol. The Kier molecular flexibility index (Phi) is 4.06. The third kappa shape index (κ3) is 2.93. The molecule has 2 heterocycles. The molecule has 1 saturated heterocycles. The summed E-state index contributed by atoms with van der Waals surface area (Å²) in [4.78, 5) is 28.7. The van der Waals surface area contributed by atoms with Crippen molar-refractivity contribution in [3.63, 3.8) is 0 Å². The van der Waals surface area contributed by atoms with Crippen molar-refractivity contribution in [2.45, 2.75) is 6.92 Å². The zero-order valence-corrected chi connectivity index (χ0v) is 13.7. The summed E-state index contributed by atoms with van der Waals surface area (Å²) in [6.45, 7) is 1.81. The fourth-order valence-corrected chi connectivity index (χ4v) is 3.51. The van der Waals surface area contributed by atoms with Gasteiger partial charge in [0.1, 0.15) is 0 Å². The lowest BCUT2D eigenvalue weighted by atomic mass is 10.1. The van der Waals surface area contributed by atoms with Crippen LogP contribution in [0.4, 0.5) is 5.69 Å². The number of hydrogen-bond acceptors (Lipinski definition) is 4. The number of carbonyl (C=O) groups excluding carboxylic acids is 1. The largest absolute Gasteiger partial charge is 0.478 e. The summed E-state index contributed by atoms with van der Waals surface area (Å²) in [6.07, 6.45) is 3.50. The molecule has 0 radical (unpaired) electrons. The van der Waals surface area contributed by atoms with Crippen molar-refractivity contribution in [3.05, 3.63) is 58.3 Å². The van der Waals surface area contributed by atoms with Crippen molar-refractivity contribution in [1.29, 1.82) is 0 Å². The van der Waals surface area contributed by atoms with Crippen LogP contribution in [0.3, 0.4) is 0 Å². The first kappa shape index (κ1) is 15.5. The van der Waals surface area contributed by atoms with Crippen LogP contribution in [0.2, 0.25) is 0 Å². The second-order valence-electron chi connectivity index (χ2n) is 4.95. The van der Waals surface area contributed by atoms with Crippen LogP contribution in [-0.2, 0) is 4.79 Å². The number of carboxylic acid groups (broad SMARTS) is 1. The Labute approximate surface area is 142 Å². The van der Waals surface area contributed by atoms with E-state index in [0.717, 1.165) is 11.3 Å². The Balaban J connectivity index is 2.01. The van der Waals surface area contributed by atoms with E-state index in [0.29, 0.717) is 14.9 Å². The maximum Gasteiger partial charge on any atom is 0.335 e. The van der Waals surface area contributed by atoms with Gasteiger partial charge in [-0.3, -0.25) is 9.69 Å². The molecule has 1 aromatic heterocycles. The van der Waals surface area contributed by atoms with Crippen molar-refractivity contribution >= 4 is 51.9 Å². The van der Waals surface area contributed by atoms with Crippen molar-refractivity contribution in [2.75, 3.05) is 4.90 Å². The summed E-state index contributed by atoms with van der Waals surface area (Å²) in [6, 6.07) is 8.34. The van der Waals surface area contributed by atoms with Crippen LogP contribution in [0.1, 0.15) is 21.6 Å². The van der Waals surface area contributed by atoms with Crippen LogP contribution < -0.4 is 4.90 Å². The fraction of sp³-hybridized carbons (Fsp3) is 0.0625. The van der Waals surface area contributed by atoms with Crippen LogP contribution >= 0.6 is 24.0 Å². The number of benzene rings is 1. The van der Waals surface area contributed by atoms with E-state index in [9.17, 15) is 9.59 Å². The number of aromatic carboxylic acids is 1. The summed E-state index contributed by atoms with van der Waals surface area (Å²) in [7, 11) is 0. The summed E-state index contributed by atoms with van der Waals surface area (Å²) in [5.41, 5.74) is 2.21. The monoisotopic (exact) mass is 344 g/mol. The predicted octanol–water partition coefficient (Wildman–Crippen LogP) is 3.43. The molecule has 1 aromatic carbocycles. The van der Waals surface area contributed by atoms with E-state index in [4.69, 9.17) is 17.3 Å². The number of carbonyl (C=O) groups is 2. The number of aryl methyl sites for hydroxylation is 1. The van der Waals surface area contributed by atoms with Gasteiger partial charge < -0.3 is 10.1 Å². The topological polar surface area (TPSA) is 73.4 Å². The first-order valence-electron chi connectivity index (χ1n) is 6.72. The Morgan fingerprint density at radius 1 is 1.39 bits per heavy atom. The second-order valence-corrected chi connectivity index (χ2v) is 6.62. The minimum Gasteiger partial charge on any atom is -0.478 e. The van der Waals surface area contributed by atoms with Gasteiger partial charge in [-0.15, -0.1) is 0 Å². The van der Waals surface area contributed by atoms with Crippen LogP contribution in [0, 0.1) is 6.92 Å². The lowest BCUT2D eigenvalue weighted by molar-refractivity contribution is -0.113. The Hall–Kier alpha value is -2.38. The molecule has 7 heteroatoms. The number of nitrogens with one attached hydrogen (secondary N) is 1. The molecular formula is C16H12N2O3S2.